The smallest absolute Gasteiger partial charge is 0.193 e. The van der Waals surface area contributed by atoms with Crippen LogP contribution < -0.4 is 5.32 Å². The highest BCUT2D eigenvalue weighted by atomic mass is 35.5. The summed E-state index contributed by atoms with van der Waals surface area (Å²) in [5.41, 5.74) is 2.51. The molecule has 0 aliphatic carbocycles. The van der Waals surface area contributed by atoms with E-state index in [9.17, 15) is 0 Å². The Bertz CT molecular complexity index is 492. The average molecular weight is 250 g/mol. The largest absolute Gasteiger partial charge is 0.448 e. The van der Waals surface area contributed by atoms with Crippen LogP contribution in [0.4, 0.5) is 0 Å². The molecule has 1 atom stereocenters. The van der Waals surface area contributed by atoms with Crippen LogP contribution in [0.2, 0.25) is 5.22 Å². The van der Waals surface area contributed by atoms with E-state index in [1.54, 1.807) is 6.07 Å². The molecule has 1 heterocycles. The molecule has 2 rings (SSSR count). The van der Waals surface area contributed by atoms with Crippen LogP contribution in [0.25, 0.3) is 0 Å². The second-order valence-corrected chi connectivity index (χ2v) is 4.33. The summed E-state index contributed by atoms with van der Waals surface area (Å²) in [6.07, 6.45) is 1.03. The number of benzene rings is 1. The fraction of sp³-hybridized carbons (Fsp3) is 0.286. The van der Waals surface area contributed by atoms with Crippen molar-refractivity contribution in [3.05, 3.63) is 58.5 Å². The van der Waals surface area contributed by atoms with Crippen molar-refractivity contribution in [2.24, 2.45) is 0 Å². The Balaban J connectivity index is 2.34. The van der Waals surface area contributed by atoms with Crippen LogP contribution in [0.3, 0.4) is 0 Å². The highest BCUT2D eigenvalue weighted by Crippen LogP contribution is 2.26. The highest BCUT2D eigenvalue weighted by Gasteiger charge is 2.15. The van der Waals surface area contributed by atoms with Crippen molar-refractivity contribution >= 4 is 11.6 Å². The zero-order valence-corrected chi connectivity index (χ0v) is 10.8. The van der Waals surface area contributed by atoms with E-state index in [2.05, 4.69) is 36.5 Å². The predicted molar refractivity (Wildman–Crippen MR) is 70.4 cm³/mol. The molecule has 1 aromatic heterocycles. The number of furan rings is 1. The molecule has 0 saturated carbocycles. The second-order valence-electron chi connectivity index (χ2n) is 3.96. The van der Waals surface area contributed by atoms with Crippen LogP contribution in [0.1, 0.15) is 29.9 Å². The molecule has 1 aromatic carbocycles. The maximum Gasteiger partial charge on any atom is 0.193 e. The molecular weight excluding hydrogens is 234 g/mol. The van der Waals surface area contributed by atoms with Gasteiger partial charge in [0, 0.05) is 0 Å². The van der Waals surface area contributed by atoms with E-state index in [0.717, 1.165) is 12.2 Å². The normalized spacial score (nSPS) is 12.6. The first-order chi connectivity index (χ1) is 8.24. The summed E-state index contributed by atoms with van der Waals surface area (Å²) in [5.74, 6) is 0.839. The van der Waals surface area contributed by atoms with Crippen molar-refractivity contribution in [3.8, 4) is 0 Å². The summed E-state index contributed by atoms with van der Waals surface area (Å²) >= 11 is 5.81. The van der Waals surface area contributed by atoms with E-state index in [0.29, 0.717) is 5.22 Å². The monoisotopic (exact) mass is 249 g/mol. The van der Waals surface area contributed by atoms with Crippen LogP contribution in [-0.4, -0.2) is 7.05 Å². The standard InChI is InChI=1S/C14H16ClNO/c1-3-10-5-4-6-11(9-10)14(16-2)12-7-8-13(15)17-12/h4-9,14,16H,3H2,1-2H3. The van der Waals surface area contributed by atoms with E-state index in [1.165, 1.54) is 11.1 Å². The van der Waals surface area contributed by atoms with Gasteiger partial charge in [0.1, 0.15) is 5.76 Å². The van der Waals surface area contributed by atoms with Gasteiger partial charge in [-0.15, -0.1) is 0 Å². The topological polar surface area (TPSA) is 25.2 Å². The van der Waals surface area contributed by atoms with Gasteiger partial charge >= 0.3 is 0 Å². The summed E-state index contributed by atoms with van der Waals surface area (Å²) in [6, 6.07) is 12.2. The van der Waals surface area contributed by atoms with Crippen molar-refractivity contribution in [1.82, 2.24) is 5.32 Å². The van der Waals surface area contributed by atoms with Gasteiger partial charge in [-0.2, -0.15) is 0 Å². The molecule has 0 aliphatic rings. The van der Waals surface area contributed by atoms with Crippen molar-refractivity contribution in [2.45, 2.75) is 19.4 Å². The lowest BCUT2D eigenvalue weighted by molar-refractivity contribution is 0.464. The number of aryl methyl sites for hydroxylation is 1. The lowest BCUT2D eigenvalue weighted by atomic mass is 10.0. The van der Waals surface area contributed by atoms with Gasteiger partial charge in [-0.3, -0.25) is 0 Å². The van der Waals surface area contributed by atoms with Crippen LogP contribution in [0, 0.1) is 0 Å². The molecule has 3 heteroatoms. The third kappa shape index (κ3) is 2.71. The van der Waals surface area contributed by atoms with Gasteiger partial charge in [0.2, 0.25) is 0 Å². The van der Waals surface area contributed by atoms with Crippen LogP contribution in [0.15, 0.2) is 40.8 Å². The molecule has 0 spiro atoms. The summed E-state index contributed by atoms with van der Waals surface area (Å²) in [4.78, 5) is 0. The van der Waals surface area contributed by atoms with Crippen molar-refractivity contribution < 1.29 is 4.42 Å². The van der Waals surface area contributed by atoms with Gasteiger partial charge in [0.25, 0.3) is 0 Å². The maximum absolute atomic E-state index is 5.81. The minimum atomic E-state index is 0.0500. The predicted octanol–water partition coefficient (Wildman–Crippen LogP) is 3.80. The Hall–Kier alpha value is -1.25. The van der Waals surface area contributed by atoms with Gasteiger partial charge in [0.05, 0.1) is 6.04 Å². The maximum atomic E-state index is 5.81. The molecular formula is C14H16ClNO. The molecule has 0 amide bonds. The Labute approximate surface area is 107 Å². The van der Waals surface area contributed by atoms with Gasteiger partial charge in [-0.05, 0) is 48.3 Å². The zero-order valence-electron chi connectivity index (χ0n) is 10.0. The number of hydrogen-bond donors (Lipinski definition) is 1. The van der Waals surface area contributed by atoms with E-state index >= 15 is 0 Å². The van der Waals surface area contributed by atoms with Crippen LogP contribution in [0.5, 0.6) is 0 Å². The Morgan fingerprint density at radius 2 is 2.12 bits per heavy atom. The van der Waals surface area contributed by atoms with Crippen molar-refractivity contribution in [1.29, 1.82) is 0 Å². The third-order valence-electron chi connectivity index (χ3n) is 2.86. The SMILES string of the molecule is CCc1cccc(C(NC)c2ccc(Cl)o2)c1. The number of rotatable bonds is 4. The van der Waals surface area contributed by atoms with Crippen molar-refractivity contribution in [3.63, 3.8) is 0 Å². The second kappa shape index (κ2) is 5.39. The minimum Gasteiger partial charge on any atom is -0.448 e. The Kier molecular flexibility index (Phi) is 3.87. The summed E-state index contributed by atoms with van der Waals surface area (Å²) in [5, 5.41) is 3.67. The van der Waals surface area contributed by atoms with E-state index < -0.39 is 0 Å². The molecule has 2 nitrogen and oxygen atoms in total. The molecule has 0 fully saturated rings. The van der Waals surface area contributed by atoms with Gasteiger partial charge in [-0.25, -0.2) is 0 Å². The number of nitrogens with one attached hydrogen (secondary N) is 1. The molecule has 0 aliphatic heterocycles. The van der Waals surface area contributed by atoms with Gasteiger partial charge in [-0.1, -0.05) is 31.2 Å². The first-order valence-corrected chi connectivity index (χ1v) is 6.13. The van der Waals surface area contributed by atoms with Gasteiger partial charge in [0.15, 0.2) is 5.22 Å². The summed E-state index contributed by atoms with van der Waals surface area (Å²) in [7, 11) is 1.92. The fourth-order valence-corrected chi connectivity index (χ4v) is 2.10. The Morgan fingerprint density at radius 3 is 2.71 bits per heavy atom. The summed E-state index contributed by atoms with van der Waals surface area (Å²) < 4.78 is 5.47. The molecule has 2 aromatic rings. The average Bonchev–Trinajstić information content (AvgIpc) is 2.77. The molecule has 90 valence electrons. The van der Waals surface area contributed by atoms with E-state index in [4.69, 9.17) is 16.0 Å². The number of hydrogen-bond acceptors (Lipinski definition) is 2. The Morgan fingerprint density at radius 1 is 1.29 bits per heavy atom. The van der Waals surface area contributed by atoms with Gasteiger partial charge < -0.3 is 9.73 Å². The molecule has 1 N–H and O–H groups in total. The van der Waals surface area contributed by atoms with Crippen molar-refractivity contribution in [2.75, 3.05) is 7.05 Å². The first kappa shape index (κ1) is 12.2. The quantitative estimate of drug-likeness (QED) is 0.892. The van der Waals surface area contributed by atoms with Crippen LogP contribution in [-0.2, 0) is 6.42 Å². The summed E-state index contributed by atoms with van der Waals surface area (Å²) in [6.45, 7) is 2.15. The van der Waals surface area contributed by atoms with Crippen LogP contribution >= 0.6 is 11.6 Å². The highest BCUT2D eigenvalue weighted by molar-refractivity contribution is 6.28. The molecule has 17 heavy (non-hydrogen) atoms. The first-order valence-electron chi connectivity index (χ1n) is 5.76. The van der Waals surface area contributed by atoms with E-state index in [-0.39, 0.29) is 6.04 Å². The lowest BCUT2D eigenvalue weighted by Gasteiger charge is -2.14. The molecule has 0 saturated heterocycles. The molecule has 1 unspecified atom stereocenters. The lowest BCUT2D eigenvalue weighted by Crippen LogP contribution is -2.17. The molecule has 0 radical (unpaired) electrons. The third-order valence-corrected chi connectivity index (χ3v) is 3.06. The fourth-order valence-electron chi connectivity index (χ4n) is 1.95. The number of halogens is 1. The molecule has 0 bridgehead atoms. The minimum absolute atomic E-state index is 0.0500. The zero-order chi connectivity index (χ0) is 12.3. The van der Waals surface area contributed by atoms with E-state index in [1.807, 2.05) is 13.1 Å².